The number of thioether (sulfide) groups is 1. The Kier molecular flexibility index (Phi) is 5.77. The summed E-state index contributed by atoms with van der Waals surface area (Å²) in [6, 6.07) is 5.84. The van der Waals surface area contributed by atoms with Gasteiger partial charge in [0.25, 0.3) is 0 Å². The van der Waals surface area contributed by atoms with Crippen molar-refractivity contribution in [1.29, 1.82) is 5.26 Å². The van der Waals surface area contributed by atoms with Crippen molar-refractivity contribution in [3.05, 3.63) is 28.4 Å². The predicted molar refractivity (Wildman–Crippen MR) is 124 cm³/mol. The van der Waals surface area contributed by atoms with Crippen LogP contribution in [0.25, 0.3) is 22.2 Å². The Hall–Kier alpha value is -2.47. The highest BCUT2D eigenvalue weighted by Crippen LogP contribution is 2.47. The van der Waals surface area contributed by atoms with E-state index in [1.165, 1.54) is 26.0 Å². The number of anilines is 1. The lowest BCUT2D eigenvalue weighted by atomic mass is 9.83. The molecule has 10 heteroatoms. The molecular formula is C21H19Cl2N5O2S. The van der Waals surface area contributed by atoms with Crippen molar-refractivity contribution in [3.63, 3.8) is 0 Å². The van der Waals surface area contributed by atoms with Gasteiger partial charge in [-0.25, -0.2) is 15.0 Å². The van der Waals surface area contributed by atoms with Crippen LogP contribution in [0.1, 0.15) is 6.92 Å². The highest BCUT2D eigenvalue weighted by molar-refractivity contribution is 7.98. The van der Waals surface area contributed by atoms with Crippen LogP contribution in [0.3, 0.4) is 0 Å². The molecule has 7 nitrogen and oxygen atoms in total. The van der Waals surface area contributed by atoms with Gasteiger partial charge in [-0.15, -0.1) is 0 Å². The third-order valence-corrected chi connectivity index (χ3v) is 6.50. The molecule has 31 heavy (non-hydrogen) atoms. The molecule has 2 aromatic heterocycles. The van der Waals surface area contributed by atoms with Crippen molar-refractivity contribution in [1.82, 2.24) is 15.0 Å². The molecule has 0 spiro atoms. The number of hydrogen-bond donors (Lipinski definition) is 0. The minimum atomic E-state index is -0.423. The summed E-state index contributed by atoms with van der Waals surface area (Å²) in [5.74, 6) is 1.51. The van der Waals surface area contributed by atoms with Gasteiger partial charge in [0.15, 0.2) is 11.0 Å². The van der Waals surface area contributed by atoms with Crippen molar-refractivity contribution in [2.24, 2.45) is 5.41 Å². The van der Waals surface area contributed by atoms with E-state index in [4.69, 9.17) is 37.7 Å². The molecule has 0 amide bonds. The lowest BCUT2D eigenvalue weighted by Gasteiger charge is -2.44. The number of pyridine rings is 1. The number of halogens is 2. The topological polar surface area (TPSA) is 84.2 Å². The van der Waals surface area contributed by atoms with Gasteiger partial charge >= 0.3 is 0 Å². The average Bonchev–Trinajstić information content (AvgIpc) is 2.76. The molecule has 3 aromatic rings. The first-order valence-electron chi connectivity index (χ1n) is 9.32. The zero-order valence-electron chi connectivity index (χ0n) is 17.4. The number of hydrogen-bond acceptors (Lipinski definition) is 8. The maximum absolute atomic E-state index is 9.44. The Bertz CT molecular complexity index is 1200. The van der Waals surface area contributed by atoms with Crippen LogP contribution in [0.5, 0.6) is 11.5 Å². The lowest BCUT2D eigenvalue weighted by molar-refractivity contribution is 0.335. The second-order valence-electron chi connectivity index (χ2n) is 7.44. The van der Waals surface area contributed by atoms with E-state index < -0.39 is 5.41 Å². The molecule has 1 aliphatic heterocycles. The Balaban J connectivity index is 1.96. The second kappa shape index (κ2) is 8.23. The maximum Gasteiger partial charge on any atom is 0.187 e. The summed E-state index contributed by atoms with van der Waals surface area (Å²) >= 11 is 14.7. The molecule has 3 heterocycles. The van der Waals surface area contributed by atoms with Gasteiger partial charge in [-0.05, 0) is 19.2 Å². The van der Waals surface area contributed by atoms with Crippen molar-refractivity contribution >= 4 is 51.7 Å². The molecule has 0 unspecified atom stereocenters. The van der Waals surface area contributed by atoms with Gasteiger partial charge < -0.3 is 14.4 Å². The van der Waals surface area contributed by atoms with Gasteiger partial charge in [-0.2, -0.15) is 5.26 Å². The lowest BCUT2D eigenvalue weighted by Crippen LogP contribution is -2.54. The summed E-state index contributed by atoms with van der Waals surface area (Å²) < 4.78 is 10.8. The van der Waals surface area contributed by atoms with E-state index in [1.54, 1.807) is 12.3 Å². The Morgan fingerprint density at radius 1 is 1.13 bits per heavy atom. The number of ether oxygens (including phenoxy) is 2. The molecule has 1 saturated heterocycles. The third-order valence-electron chi connectivity index (χ3n) is 5.19. The molecule has 0 saturated carbocycles. The van der Waals surface area contributed by atoms with Gasteiger partial charge in [-0.3, -0.25) is 0 Å². The molecule has 1 fully saturated rings. The van der Waals surface area contributed by atoms with Crippen LogP contribution in [-0.2, 0) is 0 Å². The predicted octanol–water partition coefficient (Wildman–Crippen LogP) is 5.09. The van der Waals surface area contributed by atoms with E-state index in [9.17, 15) is 5.26 Å². The summed E-state index contributed by atoms with van der Waals surface area (Å²) in [6.07, 6.45) is 3.67. The van der Waals surface area contributed by atoms with E-state index in [0.717, 1.165) is 5.39 Å². The standard InChI is InChI=1S/C21H19Cl2N5O2S/c1-21(8-24)9-28(10-21)19-18-11(7-25-20(27-18)31-4)5-12(26-19)15-16(22)13(29-2)6-14(30-3)17(15)23/h5-7H,9-10H2,1-4H3. The first kappa shape index (κ1) is 21.8. The van der Waals surface area contributed by atoms with Gasteiger partial charge in [0.1, 0.15) is 17.0 Å². The van der Waals surface area contributed by atoms with Gasteiger partial charge in [-0.1, -0.05) is 35.0 Å². The first-order valence-corrected chi connectivity index (χ1v) is 11.3. The van der Waals surface area contributed by atoms with Crippen LogP contribution in [0.4, 0.5) is 5.82 Å². The van der Waals surface area contributed by atoms with E-state index in [2.05, 4.69) is 16.0 Å². The molecular weight excluding hydrogens is 457 g/mol. The van der Waals surface area contributed by atoms with Gasteiger partial charge in [0.2, 0.25) is 0 Å². The summed E-state index contributed by atoms with van der Waals surface area (Å²) in [5.41, 5.74) is 1.33. The monoisotopic (exact) mass is 475 g/mol. The number of aromatic nitrogens is 3. The maximum atomic E-state index is 9.44. The fourth-order valence-corrected chi connectivity index (χ4v) is 4.62. The zero-order chi connectivity index (χ0) is 22.3. The van der Waals surface area contributed by atoms with E-state index in [1.807, 2.05) is 24.1 Å². The normalized spacial score (nSPS) is 14.8. The molecule has 4 rings (SSSR count). The van der Waals surface area contributed by atoms with E-state index in [0.29, 0.717) is 62.4 Å². The Labute approximate surface area is 194 Å². The molecule has 0 aliphatic carbocycles. The summed E-state index contributed by atoms with van der Waals surface area (Å²) in [6.45, 7) is 3.03. The van der Waals surface area contributed by atoms with Crippen LogP contribution < -0.4 is 14.4 Å². The van der Waals surface area contributed by atoms with Gasteiger partial charge in [0.05, 0.1) is 41.4 Å². The number of methoxy groups -OCH3 is 2. The Morgan fingerprint density at radius 2 is 1.77 bits per heavy atom. The largest absolute Gasteiger partial charge is 0.495 e. The molecule has 0 bridgehead atoms. The van der Waals surface area contributed by atoms with Crippen LogP contribution in [0.15, 0.2) is 23.5 Å². The number of nitriles is 1. The molecule has 0 N–H and O–H groups in total. The fraction of sp³-hybridized carbons (Fsp3) is 0.333. The van der Waals surface area contributed by atoms with Crippen molar-refractivity contribution < 1.29 is 9.47 Å². The number of rotatable bonds is 5. The quantitative estimate of drug-likeness (QED) is 0.372. The number of benzene rings is 1. The highest BCUT2D eigenvalue weighted by Gasteiger charge is 2.41. The minimum Gasteiger partial charge on any atom is -0.495 e. The SMILES string of the molecule is COc1cc(OC)c(Cl)c(-c2cc3cnc(SC)nc3c(N3CC(C)(C#N)C3)n2)c1Cl. The summed E-state index contributed by atoms with van der Waals surface area (Å²) in [5, 5.41) is 11.5. The molecule has 1 aromatic carbocycles. The summed E-state index contributed by atoms with van der Waals surface area (Å²) in [4.78, 5) is 16.0. The summed E-state index contributed by atoms with van der Waals surface area (Å²) in [7, 11) is 3.05. The first-order chi connectivity index (χ1) is 14.8. The highest BCUT2D eigenvalue weighted by atomic mass is 35.5. The van der Waals surface area contributed by atoms with Crippen LogP contribution >= 0.6 is 35.0 Å². The van der Waals surface area contributed by atoms with Crippen LogP contribution in [0, 0.1) is 16.7 Å². The second-order valence-corrected chi connectivity index (χ2v) is 8.97. The van der Waals surface area contributed by atoms with Crippen molar-refractivity contribution in [3.8, 4) is 28.8 Å². The molecule has 1 aliphatic rings. The third kappa shape index (κ3) is 3.71. The molecule has 0 atom stereocenters. The Morgan fingerprint density at radius 3 is 2.32 bits per heavy atom. The smallest absolute Gasteiger partial charge is 0.187 e. The number of nitrogens with zero attached hydrogens (tertiary/aromatic N) is 5. The average molecular weight is 476 g/mol. The fourth-order valence-electron chi connectivity index (χ4n) is 3.58. The van der Waals surface area contributed by atoms with Crippen LogP contribution in [0.2, 0.25) is 10.0 Å². The van der Waals surface area contributed by atoms with E-state index >= 15 is 0 Å². The molecule has 0 radical (unpaired) electrons. The minimum absolute atomic E-state index is 0.332. The van der Waals surface area contributed by atoms with Crippen molar-refractivity contribution in [2.75, 3.05) is 38.5 Å². The molecule has 160 valence electrons. The van der Waals surface area contributed by atoms with Gasteiger partial charge in [0, 0.05) is 36.3 Å². The number of fused-ring (bicyclic) bond motifs is 1. The van der Waals surface area contributed by atoms with E-state index in [-0.39, 0.29) is 0 Å². The zero-order valence-corrected chi connectivity index (χ0v) is 19.7. The van der Waals surface area contributed by atoms with Crippen LogP contribution in [-0.4, -0.2) is 48.5 Å². The van der Waals surface area contributed by atoms with Crippen molar-refractivity contribution in [2.45, 2.75) is 12.1 Å².